The second kappa shape index (κ2) is 4.29. The summed E-state index contributed by atoms with van der Waals surface area (Å²) < 4.78 is 5.63. The van der Waals surface area contributed by atoms with Crippen LogP contribution in [-0.4, -0.2) is 36.3 Å². The zero-order valence-electron chi connectivity index (χ0n) is 8.70. The summed E-state index contributed by atoms with van der Waals surface area (Å²) in [6, 6.07) is 3.11. The standard InChI is InChI=1S/C10H11BrN2O3/c1-13-5-6(4-9(13)14)12-10(15)7-2-3-8(11)16-7/h2-3,6H,4-5H2,1H3,(H,12,15). The number of halogens is 1. The highest BCUT2D eigenvalue weighted by Gasteiger charge is 2.28. The van der Waals surface area contributed by atoms with E-state index in [2.05, 4.69) is 21.2 Å². The van der Waals surface area contributed by atoms with Gasteiger partial charge >= 0.3 is 0 Å². The van der Waals surface area contributed by atoms with Crippen LogP contribution in [0.1, 0.15) is 17.0 Å². The number of rotatable bonds is 2. The van der Waals surface area contributed by atoms with Crippen molar-refractivity contribution in [2.24, 2.45) is 0 Å². The number of carbonyl (C=O) groups is 2. The Balaban J connectivity index is 1.96. The third-order valence-corrected chi connectivity index (χ3v) is 2.90. The Kier molecular flexibility index (Phi) is 3.00. The first kappa shape index (κ1) is 11.2. The summed E-state index contributed by atoms with van der Waals surface area (Å²) in [6.45, 7) is 0.548. The monoisotopic (exact) mass is 286 g/mol. The zero-order valence-corrected chi connectivity index (χ0v) is 10.3. The van der Waals surface area contributed by atoms with E-state index in [1.54, 1.807) is 24.1 Å². The Morgan fingerprint density at radius 1 is 1.62 bits per heavy atom. The maximum absolute atomic E-state index is 11.7. The maximum atomic E-state index is 11.7. The summed E-state index contributed by atoms with van der Waals surface area (Å²) in [5.41, 5.74) is 0. The Bertz CT molecular complexity index is 429. The maximum Gasteiger partial charge on any atom is 0.287 e. The minimum Gasteiger partial charge on any atom is -0.444 e. The molecule has 1 atom stereocenters. The third-order valence-electron chi connectivity index (χ3n) is 2.47. The van der Waals surface area contributed by atoms with Crippen molar-refractivity contribution in [2.45, 2.75) is 12.5 Å². The molecule has 1 aromatic rings. The van der Waals surface area contributed by atoms with E-state index < -0.39 is 0 Å². The van der Waals surface area contributed by atoms with Gasteiger partial charge in [0, 0.05) is 20.0 Å². The summed E-state index contributed by atoms with van der Waals surface area (Å²) in [4.78, 5) is 24.5. The second-order valence-corrected chi connectivity index (χ2v) is 4.53. The molecule has 16 heavy (non-hydrogen) atoms. The van der Waals surface area contributed by atoms with E-state index in [0.29, 0.717) is 17.6 Å². The molecule has 2 amide bonds. The van der Waals surface area contributed by atoms with E-state index in [9.17, 15) is 9.59 Å². The fraction of sp³-hybridized carbons (Fsp3) is 0.400. The first-order valence-corrected chi connectivity index (χ1v) is 5.65. The molecular weight excluding hydrogens is 276 g/mol. The molecule has 1 aliphatic rings. The van der Waals surface area contributed by atoms with E-state index in [1.165, 1.54) is 0 Å². The van der Waals surface area contributed by atoms with Gasteiger partial charge in [-0.2, -0.15) is 0 Å². The first-order chi connectivity index (χ1) is 7.56. The summed E-state index contributed by atoms with van der Waals surface area (Å²) in [5.74, 6) is -0.00129. The van der Waals surface area contributed by atoms with Gasteiger partial charge in [-0.15, -0.1) is 0 Å². The lowest BCUT2D eigenvalue weighted by molar-refractivity contribution is -0.126. The smallest absolute Gasteiger partial charge is 0.287 e. The number of likely N-dealkylation sites (tertiary alicyclic amines) is 1. The molecule has 0 radical (unpaired) electrons. The molecule has 0 saturated carbocycles. The molecular formula is C10H11BrN2O3. The van der Waals surface area contributed by atoms with Crippen molar-refractivity contribution in [3.05, 3.63) is 22.6 Å². The van der Waals surface area contributed by atoms with Crippen LogP contribution < -0.4 is 5.32 Å². The number of carbonyl (C=O) groups excluding carboxylic acids is 2. The van der Waals surface area contributed by atoms with Gasteiger partial charge < -0.3 is 14.6 Å². The SMILES string of the molecule is CN1CC(NC(=O)c2ccc(Br)o2)CC1=O. The number of nitrogens with zero attached hydrogens (tertiary/aromatic N) is 1. The van der Waals surface area contributed by atoms with Gasteiger partial charge in [0.25, 0.3) is 5.91 Å². The first-order valence-electron chi connectivity index (χ1n) is 4.86. The topological polar surface area (TPSA) is 62.6 Å². The normalized spacial score (nSPS) is 20.2. The van der Waals surface area contributed by atoms with Gasteiger partial charge in [0.1, 0.15) is 0 Å². The Morgan fingerprint density at radius 3 is 2.88 bits per heavy atom. The van der Waals surface area contributed by atoms with Gasteiger partial charge in [0.15, 0.2) is 10.4 Å². The van der Waals surface area contributed by atoms with Crippen LogP contribution in [0.5, 0.6) is 0 Å². The molecule has 1 N–H and O–H groups in total. The fourth-order valence-corrected chi connectivity index (χ4v) is 1.96. The van der Waals surface area contributed by atoms with E-state index in [0.717, 1.165) is 0 Å². The lowest BCUT2D eigenvalue weighted by atomic mass is 10.2. The van der Waals surface area contributed by atoms with Crippen LogP contribution in [-0.2, 0) is 4.79 Å². The minimum atomic E-state index is -0.293. The van der Waals surface area contributed by atoms with Crippen molar-refractivity contribution in [3.63, 3.8) is 0 Å². The summed E-state index contributed by atoms with van der Waals surface area (Å²) in [7, 11) is 1.72. The lowest BCUT2D eigenvalue weighted by Crippen LogP contribution is -2.36. The lowest BCUT2D eigenvalue weighted by Gasteiger charge is -2.10. The molecule has 6 heteroatoms. The second-order valence-electron chi connectivity index (χ2n) is 3.75. The number of amides is 2. The fourth-order valence-electron chi connectivity index (χ4n) is 1.65. The Hall–Kier alpha value is -1.30. The van der Waals surface area contributed by atoms with Crippen LogP contribution >= 0.6 is 15.9 Å². The van der Waals surface area contributed by atoms with Crippen LogP contribution in [0, 0.1) is 0 Å². The van der Waals surface area contributed by atoms with E-state index >= 15 is 0 Å². The van der Waals surface area contributed by atoms with Crippen molar-refractivity contribution in [1.82, 2.24) is 10.2 Å². The van der Waals surface area contributed by atoms with Crippen molar-refractivity contribution in [1.29, 1.82) is 0 Å². The molecule has 2 rings (SSSR count). The van der Waals surface area contributed by atoms with E-state index in [-0.39, 0.29) is 23.6 Å². The average Bonchev–Trinajstić information content (AvgIpc) is 2.75. The summed E-state index contributed by atoms with van der Waals surface area (Å²) >= 11 is 3.12. The quantitative estimate of drug-likeness (QED) is 0.882. The van der Waals surface area contributed by atoms with E-state index in [4.69, 9.17) is 4.42 Å². The van der Waals surface area contributed by atoms with Gasteiger partial charge in [-0.1, -0.05) is 0 Å². The number of nitrogens with one attached hydrogen (secondary N) is 1. The molecule has 0 aliphatic carbocycles. The van der Waals surface area contributed by atoms with Crippen molar-refractivity contribution in [3.8, 4) is 0 Å². The van der Waals surface area contributed by atoms with Crippen LogP contribution in [0.3, 0.4) is 0 Å². The van der Waals surface area contributed by atoms with Gasteiger partial charge in [-0.25, -0.2) is 0 Å². The molecule has 0 spiro atoms. The van der Waals surface area contributed by atoms with E-state index in [1.807, 2.05) is 0 Å². The molecule has 1 saturated heterocycles. The van der Waals surface area contributed by atoms with Gasteiger partial charge in [0.05, 0.1) is 6.04 Å². The average molecular weight is 287 g/mol. The largest absolute Gasteiger partial charge is 0.444 e. The molecule has 86 valence electrons. The van der Waals surface area contributed by atoms with Crippen molar-refractivity contribution >= 4 is 27.7 Å². The van der Waals surface area contributed by atoms with Gasteiger partial charge in [-0.05, 0) is 28.1 Å². The summed E-state index contributed by atoms with van der Waals surface area (Å²) in [5, 5.41) is 2.75. The molecule has 2 heterocycles. The Morgan fingerprint density at radius 2 is 2.38 bits per heavy atom. The van der Waals surface area contributed by atoms with Gasteiger partial charge in [0.2, 0.25) is 5.91 Å². The number of hydrogen-bond acceptors (Lipinski definition) is 3. The summed E-state index contributed by atoms with van der Waals surface area (Å²) in [6.07, 6.45) is 0.351. The minimum absolute atomic E-state index is 0.0472. The zero-order chi connectivity index (χ0) is 11.7. The highest BCUT2D eigenvalue weighted by molar-refractivity contribution is 9.10. The molecule has 1 aliphatic heterocycles. The molecule has 1 aromatic heterocycles. The highest BCUT2D eigenvalue weighted by atomic mass is 79.9. The molecule has 1 fully saturated rings. The van der Waals surface area contributed by atoms with Crippen molar-refractivity contribution < 1.29 is 14.0 Å². The Labute approximate surface area is 101 Å². The molecule has 5 nitrogen and oxygen atoms in total. The van der Waals surface area contributed by atoms with Crippen LogP contribution in [0.4, 0.5) is 0 Å². The number of likely N-dealkylation sites (N-methyl/N-ethyl adjacent to an activating group) is 1. The highest BCUT2D eigenvalue weighted by Crippen LogP contribution is 2.15. The molecule has 0 bridgehead atoms. The molecule has 1 unspecified atom stereocenters. The van der Waals surface area contributed by atoms with Gasteiger partial charge in [-0.3, -0.25) is 9.59 Å². The third kappa shape index (κ3) is 2.27. The van der Waals surface area contributed by atoms with Crippen LogP contribution in [0.25, 0.3) is 0 Å². The number of hydrogen-bond donors (Lipinski definition) is 1. The number of furan rings is 1. The molecule has 0 aromatic carbocycles. The van der Waals surface area contributed by atoms with Crippen LogP contribution in [0.15, 0.2) is 21.2 Å². The van der Waals surface area contributed by atoms with Crippen LogP contribution in [0.2, 0.25) is 0 Å². The van der Waals surface area contributed by atoms with Crippen molar-refractivity contribution in [2.75, 3.05) is 13.6 Å². The predicted octanol–water partition coefficient (Wildman–Crippen LogP) is 1.00. The predicted molar refractivity (Wildman–Crippen MR) is 59.9 cm³/mol.